The lowest BCUT2D eigenvalue weighted by atomic mass is 10.4. The Morgan fingerprint density at radius 1 is 1.50 bits per heavy atom. The van der Waals surface area contributed by atoms with E-state index >= 15 is 0 Å². The Hall–Kier alpha value is -0.240. The maximum atomic E-state index is 10.3. The van der Waals surface area contributed by atoms with Crippen LogP contribution < -0.4 is 0 Å². The van der Waals surface area contributed by atoms with Crippen LogP contribution >= 0.6 is 8.25 Å². The van der Waals surface area contributed by atoms with Crippen LogP contribution in [0.3, 0.4) is 0 Å². The standard InChI is InChI=1S/C4H6O3P/c1-4-2-6-8(5)7-3-4/h1-3H2/q+1. The van der Waals surface area contributed by atoms with Gasteiger partial charge < -0.3 is 0 Å². The van der Waals surface area contributed by atoms with Gasteiger partial charge in [-0.2, -0.15) is 0 Å². The smallest absolute Gasteiger partial charge is 0.115 e. The van der Waals surface area contributed by atoms with Crippen molar-refractivity contribution in [3.05, 3.63) is 12.2 Å². The summed E-state index contributed by atoms with van der Waals surface area (Å²) >= 11 is 0. The van der Waals surface area contributed by atoms with E-state index in [-0.39, 0.29) is 0 Å². The molecular formula is C4H6O3P+. The molecule has 0 bridgehead atoms. The second-order valence-corrected chi connectivity index (χ2v) is 2.48. The first-order chi connectivity index (χ1) is 3.79. The SMILES string of the molecule is C=C1CO[P+](=O)OC1. The van der Waals surface area contributed by atoms with Crippen LogP contribution in [-0.4, -0.2) is 13.2 Å². The van der Waals surface area contributed by atoms with Crippen LogP contribution in [0.5, 0.6) is 0 Å². The van der Waals surface area contributed by atoms with E-state index in [0.29, 0.717) is 13.2 Å². The molecular weight excluding hydrogens is 127 g/mol. The fourth-order valence-corrected chi connectivity index (χ4v) is 1.02. The van der Waals surface area contributed by atoms with Gasteiger partial charge in [-0.05, 0) is 5.57 Å². The summed E-state index contributed by atoms with van der Waals surface area (Å²) in [7, 11) is -1.83. The molecule has 0 atom stereocenters. The summed E-state index contributed by atoms with van der Waals surface area (Å²) in [6, 6.07) is 0. The van der Waals surface area contributed by atoms with Gasteiger partial charge in [0.2, 0.25) is 0 Å². The van der Waals surface area contributed by atoms with E-state index in [9.17, 15) is 4.57 Å². The van der Waals surface area contributed by atoms with Crippen molar-refractivity contribution in [3.63, 3.8) is 0 Å². The summed E-state index contributed by atoms with van der Waals surface area (Å²) < 4.78 is 19.4. The molecule has 1 saturated heterocycles. The highest BCUT2D eigenvalue weighted by molar-refractivity contribution is 7.33. The Morgan fingerprint density at radius 2 is 2.00 bits per heavy atom. The van der Waals surface area contributed by atoms with Gasteiger partial charge >= 0.3 is 8.25 Å². The van der Waals surface area contributed by atoms with Crippen molar-refractivity contribution in [1.82, 2.24) is 0 Å². The first-order valence-corrected chi connectivity index (χ1v) is 3.28. The summed E-state index contributed by atoms with van der Waals surface area (Å²) in [4.78, 5) is 0. The molecule has 4 heteroatoms. The first kappa shape index (κ1) is 5.89. The van der Waals surface area contributed by atoms with Crippen LogP contribution in [0.1, 0.15) is 0 Å². The van der Waals surface area contributed by atoms with Gasteiger partial charge in [0.1, 0.15) is 13.2 Å². The highest BCUT2D eigenvalue weighted by Crippen LogP contribution is 2.29. The Balaban J connectivity index is 2.40. The van der Waals surface area contributed by atoms with Crippen molar-refractivity contribution in [2.24, 2.45) is 0 Å². The second-order valence-electron chi connectivity index (χ2n) is 1.52. The molecule has 0 unspecified atom stereocenters. The summed E-state index contributed by atoms with van der Waals surface area (Å²) in [5, 5.41) is 0. The molecule has 8 heavy (non-hydrogen) atoms. The molecule has 0 aromatic heterocycles. The molecule has 0 amide bonds. The fourth-order valence-electron chi connectivity index (χ4n) is 0.367. The van der Waals surface area contributed by atoms with E-state index < -0.39 is 8.25 Å². The summed E-state index contributed by atoms with van der Waals surface area (Å²) in [6.07, 6.45) is 0. The third kappa shape index (κ3) is 1.37. The van der Waals surface area contributed by atoms with Gasteiger partial charge in [-0.3, -0.25) is 0 Å². The van der Waals surface area contributed by atoms with E-state index in [1.165, 1.54) is 0 Å². The largest absolute Gasteiger partial charge is 0.698 e. The number of hydrogen-bond donors (Lipinski definition) is 0. The maximum absolute atomic E-state index is 10.3. The minimum atomic E-state index is -1.83. The first-order valence-electron chi connectivity index (χ1n) is 2.19. The quantitative estimate of drug-likeness (QED) is 0.368. The average molecular weight is 133 g/mol. The molecule has 0 radical (unpaired) electrons. The molecule has 1 rings (SSSR count). The molecule has 0 aromatic rings. The minimum Gasteiger partial charge on any atom is -0.115 e. The Kier molecular flexibility index (Phi) is 1.73. The summed E-state index contributed by atoms with van der Waals surface area (Å²) in [6.45, 7) is 4.31. The lowest BCUT2D eigenvalue weighted by Gasteiger charge is -1.99. The van der Waals surface area contributed by atoms with E-state index in [1.807, 2.05) is 0 Å². The zero-order valence-electron chi connectivity index (χ0n) is 4.29. The molecule has 0 saturated carbocycles. The average Bonchev–Trinajstić information content (AvgIpc) is 1.77. The Morgan fingerprint density at radius 3 is 2.38 bits per heavy atom. The van der Waals surface area contributed by atoms with E-state index in [4.69, 9.17) is 0 Å². The van der Waals surface area contributed by atoms with Crippen molar-refractivity contribution >= 4 is 8.25 Å². The van der Waals surface area contributed by atoms with Gasteiger partial charge in [-0.15, -0.1) is 9.05 Å². The highest BCUT2D eigenvalue weighted by atomic mass is 31.1. The molecule has 1 fully saturated rings. The highest BCUT2D eigenvalue weighted by Gasteiger charge is 2.26. The maximum Gasteiger partial charge on any atom is 0.698 e. The number of rotatable bonds is 0. The van der Waals surface area contributed by atoms with Gasteiger partial charge in [-0.1, -0.05) is 6.58 Å². The van der Waals surface area contributed by atoms with Crippen molar-refractivity contribution in [3.8, 4) is 0 Å². The van der Waals surface area contributed by atoms with Crippen LogP contribution in [0.15, 0.2) is 12.2 Å². The third-order valence-electron chi connectivity index (χ3n) is 0.748. The zero-order chi connectivity index (χ0) is 5.98. The molecule has 0 spiro atoms. The molecule has 0 aromatic carbocycles. The van der Waals surface area contributed by atoms with Gasteiger partial charge in [0.05, 0.1) is 0 Å². The third-order valence-corrected chi connectivity index (χ3v) is 1.43. The predicted molar refractivity (Wildman–Crippen MR) is 28.7 cm³/mol. The van der Waals surface area contributed by atoms with Crippen molar-refractivity contribution in [2.45, 2.75) is 0 Å². The van der Waals surface area contributed by atoms with Crippen LogP contribution in [-0.2, 0) is 13.6 Å². The molecule has 3 nitrogen and oxygen atoms in total. The molecule has 44 valence electrons. The summed E-state index contributed by atoms with van der Waals surface area (Å²) in [5.74, 6) is 0. The fraction of sp³-hybridized carbons (Fsp3) is 0.500. The van der Waals surface area contributed by atoms with E-state index in [1.54, 1.807) is 0 Å². The molecule has 0 N–H and O–H groups in total. The minimum absolute atomic E-state index is 0.370. The predicted octanol–water partition coefficient (Wildman–Crippen LogP) is 1.25. The molecule has 1 aliphatic rings. The van der Waals surface area contributed by atoms with Crippen LogP contribution in [0, 0.1) is 0 Å². The monoisotopic (exact) mass is 133 g/mol. The molecule has 1 aliphatic heterocycles. The summed E-state index contributed by atoms with van der Waals surface area (Å²) in [5.41, 5.74) is 0.833. The molecule has 1 heterocycles. The normalized spacial score (nSPS) is 21.5. The Bertz CT molecular complexity index is 103. The van der Waals surface area contributed by atoms with Gasteiger partial charge in [-0.25, -0.2) is 0 Å². The van der Waals surface area contributed by atoms with Gasteiger partial charge in [0.15, 0.2) is 0 Å². The van der Waals surface area contributed by atoms with E-state index in [0.717, 1.165) is 5.57 Å². The lowest BCUT2D eigenvalue weighted by molar-refractivity contribution is 0.210. The van der Waals surface area contributed by atoms with Crippen molar-refractivity contribution in [2.75, 3.05) is 13.2 Å². The van der Waals surface area contributed by atoms with Gasteiger partial charge in [0.25, 0.3) is 0 Å². The zero-order valence-corrected chi connectivity index (χ0v) is 5.19. The van der Waals surface area contributed by atoms with Crippen LogP contribution in [0.2, 0.25) is 0 Å². The van der Waals surface area contributed by atoms with Crippen molar-refractivity contribution < 1.29 is 13.6 Å². The number of hydrogen-bond acceptors (Lipinski definition) is 3. The van der Waals surface area contributed by atoms with Crippen LogP contribution in [0.4, 0.5) is 0 Å². The van der Waals surface area contributed by atoms with Crippen molar-refractivity contribution in [1.29, 1.82) is 0 Å². The Labute approximate surface area is 48.2 Å². The van der Waals surface area contributed by atoms with E-state index in [2.05, 4.69) is 15.6 Å². The molecule has 0 aliphatic carbocycles. The lowest BCUT2D eigenvalue weighted by Crippen LogP contribution is -2.04. The topological polar surface area (TPSA) is 35.5 Å². The van der Waals surface area contributed by atoms with Gasteiger partial charge in [0, 0.05) is 4.57 Å². The second kappa shape index (κ2) is 2.35. The van der Waals surface area contributed by atoms with Crippen LogP contribution in [0.25, 0.3) is 0 Å².